The summed E-state index contributed by atoms with van der Waals surface area (Å²) >= 11 is 0. The second kappa shape index (κ2) is 7.11. The van der Waals surface area contributed by atoms with Crippen molar-refractivity contribution in [2.45, 2.75) is 78.6 Å². The van der Waals surface area contributed by atoms with Gasteiger partial charge in [-0.2, -0.15) is 0 Å². The second-order valence-electron chi connectivity index (χ2n) is 8.25. The van der Waals surface area contributed by atoms with Crippen LogP contribution >= 0.6 is 0 Å². The van der Waals surface area contributed by atoms with Crippen molar-refractivity contribution in [2.75, 3.05) is 13.1 Å². The van der Waals surface area contributed by atoms with Gasteiger partial charge in [0.2, 0.25) is 0 Å². The highest BCUT2D eigenvalue weighted by atomic mass is 14.9. The minimum atomic E-state index is 0.528. The van der Waals surface area contributed by atoms with Crippen LogP contribution in [0.15, 0.2) is 0 Å². The van der Waals surface area contributed by atoms with E-state index >= 15 is 0 Å². The van der Waals surface area contributed by atoms with Gasteiger partial charge in [0.25, 0.3) is 0 Å². The lowest BCUT2D eigenvalue weighted by molar-refractivity contribution is 0.148. The lowest BCUT2D eigenvalue weighted by atomic mass is 9.70. The van der Waals surface area contributed by atoms with E-state index in [1.54, 1.807) is 0 Å². The molecule has 0 aromatic carbocycles. The van der Waals surface area contributed by atoms with E-state index in [1.165, 1.54) is 70.9 Å². The molecule has 19 heavy (non-hydrogen) atoms. The molecule has 2 saturated carbocycles. The average Bonchev–Trinajstić information content (AvgIpc) is 2.39. The Bertz CT molecular complexity index is 239. The number of nitrogens with one attached hydrogen (secondary N) is 1. The van der Waals surface area contributed by atoms with E-state index < -0.39 is 0 Å². The number of rotatable bonds is 4. The Morgan fingerprint density at radius 2 is 1.26 bits per heavy atom. The topological polar surface area (TPSA) is 12.0 Å². The third-order valence-corrected chi connectivity index (χ3v) is 5.66. The van der Waals surface area contributed by atoms with Crippen LogP contribution in [-0.2, 0) is 0 Å². The van der Waals surface area contributed by atoms with Gasteiger partial charge < -0.3 is 5.32 Å². The van der Waals surface area contributed by atoms with Crippen molar-refractivity contribution >= 4 is 0 Å². The second-order valence-corrected chi connectivity index (χ2v) is 8.25. The monoisotopic (exact) mass is 265 g/mol. The molecule has 2 aliphatic rings. The van der Waals surface area contributed by atoms with Crippen molar-refractivity contribution in [2.24, 2.45) is 23.2 Å². The maximum atomic E-state index is 3.78. The predicted molar refractivity (Wildman–Crippen MR) is 84.3 cm³/mol. The van der Waals surface area contributed by atoms with Crippen LogP contribution in [0, 0.1) is 23.2 Å². The lowest BCUT2D eigenvalue weighted by Crippen LogP contribution is -2.33. The molecule has 0 aliphatic heterocycles. The van der Waals surface area contributed by atoms with Crippen molar-refractivity contribution in [3.05, 3.63) is 0 Å². The molecular weight excluding hydrogens is 230 g/mol. The van der Waals surface area contributed by atoms with Gasteiger partial charge in [0, 0.05) is 0 Å². The van der Waals surface area contributed by atoms with Crippen molar-refractivity contribution in [3.8, 4) is 0 Å². The van der Waals surface area contributed by atoms with E-state index in [1.807, 2.05) is 0 Å². The Hall–Kier alpha value is -0.0400. The molecule has 1 N–H and O–H groups in total. The van der Waals surface area contributed by atoms with Crippen LogP contribution in [0.2, 0.25) is 0 Å². The quantitative estimate of drug-likeness (QED) is 0.753. The molecule has 0 spiro atoms. The normalized spacial score (nSPS) is 30.5. The minimum absolute atomic E-state index is 0.528. The van der Waals surface area contributed by atoms with Crippen molar-refractivity contribution in [1.29, 1.82) is 0 Å². The summed E-state index contributed by atoms with van der Waals surface area (Å²) in [7, 11) is 0. The third-order valence-electron chi connectivity index (χ3n) is 5.66. The fraction of sp³-hybridized carbons (Fsp3) is 1.00. The molecule has 0 atom stereocenters. The third kappa shape index (κ3) is 5.10. The minimum Gasteiger partial charge on any atom is -0.316 e. The molecule has 2 fully saturated rings. The molecule has 0 amide bonds. The van der Waals surface area contributed by atoms with Gasteiger partial charge in [0.05, 0.1) is 0 Å². The highest BCUT2D eigenvalue weighted by molar-refractivity contribution is 4.81. The van der Waals surface area contributed by atoms with E-state index in [-0.39, 0.29) is 0 Å². The summed E-state index contributed by atoms with van der Waals surface area (Å²) in [5, 5.41) is 3.78. The molecular formula is C18H35N. The molecule has 0 bridgehead atoms. The van der Waals surface area contributed by atoms with Crippen LogP contribution in [0.1, 0.15) is 78.6 Å². The van der Waals surface area contributed by atoms with Crippen LogP contribution in [0.4, 0.5) is 0 Å². The first-order valence-electron chi connectivity index (χ1n) is 8.76. The molecule has 1 nitrogen and oxygen atoms in total. The first kappa shape index (κ1) is 15.4. The average molecular weight is 265 g/mol. The van der Waals surface area contributed by atoms with Gasteiger partial charge in [-0.25, -0.2) is 0 Å². The summed E-state index contributed by atoms with van der Waals surface area (Å²) in [6.07, 6.45) is 13.2. The zero-order valence-corrected chi connectivity index (χ0v) is 13.5. The molecule has 1 heteroatoms. The van der Waals surface area contributed by atoms with Crippen LogP contribution in [-0.4, -0.2) is 13.1 Å². The first-order chi connectivity index (χ1) is 9.05. The summed E-state index contributed by atoms with van der Waals surface area (Å²) in [4.78, 5) is 0. The Labute approximate surface area is 120 Å². The molecule has 0 aromatic heterocycles. The molecule has 0 aromatic rings. The molecule has 0 unspecified atom stereocenters. The highest BCUT2D eigenvalue weighted by Crippen LogP contribution is 2.39. The molecule has 2 aliphatic carbocycles. The van der Waals surface area contributed by atoms with E-state index in [9.17, 15) is 0 Å². The van der Waals surface area contributed by atoms with Gasteiger partial charge in [-0.15, -0.1) is 0 Å². The highest BCUT2D eigenvalue weighted by Gasteiger charge is 2.29. The Balaban J connectivity index is 1.58. The van der Waals surface area contributed by atoms with Gasteiger partial charge in [-0.1, -0.05) is 40.0 Å². The Morgan fingerprint density at radius 3 is 1.79 bits per heavy atom. The van der Waals surface area contributed by atoms with Crippen LogP contribution < -0.4 is 5.32 Å². The maximum absolute atomic E-state index is 3.78. The first-order valence-corrected chi connectivity index (χ1v) is 8.76. The van der Waals surface area contributed by atoms with Crippen molar-refractivity contribution in [3.63, 3.8) is 0 Å². The largest absolute Gasteiger partial charge is 0.316 e. The van der Waals surface area contributed by atoms with Crippen LogP contribution in [0.25, 0.3) is 0 Å². The SMILES string of the molecule is CC(C)(C)C1CCC(CNCC2CCCCC2)CC1. The van der Waals surface area contributed by atoms with Crippen molar-refractivity contribution < 1.29 is 0 Å². The summed E-state index contributed by atoms with van der Waals surface area (Å²) in [6.45, 7) is 9.82. The molecule has 112 valence electrons. The van der Waals surface area contributed by atoms with E-state index in [0.717, 1.165) is 17.8 Å². The summed E-state index contributed by atoms with van der Waals surface area (Å²) in [5.41, 5.74) is 0.528. The lowest BCUT2D eigenvalue weighted by Gasteiger charge is -2.37. The van der Waals surface area contributed by atoms with Gasteiger partial charge in [0.1, 0.15) is 0 Å². The van der Waals surface area contributed by atoms with Crippen LogP contribution in [0.5, 0.6) is 0 Å². The predicted octanol–water partition coefficient (Wildman–Crippen LogP) is 5.01. The van der Waals surface area contributed by atoms with Gasteiger partial charge in [-0.3, -0.25) is 0 Å². The van der Waals surface area contributed by atoms with E-state index in [2.05, 4.69) is 26.1 Å². The zero-order valence-electron chi connectivity index (χ0n) is 13.5. The smallest absolute Gasteiger partial charge is 0.00204 e. The van der Waals surface area contributed by atoms with Gasteiger partial charge >= 0.3 is 0 Å². The van der Waals surface area contributed by atoms with E-state index in [4.69, 9.17) is 0 Å². The fourth-order valence-corrected chi connectivity index (χ4v) is 4.12. The zero-order chi connectivity index (χ0) is 13.7. The molecule has 2 rings (SSSR count). The number of hydrogen-bond donors (Lipinski definition) is 1. The molecule has 0 saturated heterocycles. The standard InChI is InChI=1S/C18H35N/c1-18(2,3)17-11-9-16(10-12-17)14-19-13-15-7-5-4-6-8-15/h15-17,19H,4-14H2,1-3H3. The summed E-state index contributed by atoms with van der Waals surface area (Å²) in [6, 6.07) is 0. The summed E-state index contributed by atoms with van der Waals surface area (Å²) in [5.74, 6) is 2.91. The Morgan fingerprint density at radius 1 is 0.737 bits per heavy atom. The van der Waals surface area contributed by atoms with Gasteiger partial charge in [-0.05, 0) is 74.8 Å². The number of hydrogen-bond acceptors (Lipinski definition) is 1. The summed E-state index contributed by atoms with van der Waals surface area (Å²) < 4.78 is 0. The van der Waals surface area contributed by atoms with Crippen LogP contribution in [0.3, 0.4) is 0 Å². The molecule has 0 heterocycles. The van der Waals surface area contributed by atoms with E-state index in [0.29, 0.717) is 5.41 Å². The van der Waals surface area contributed by atoms with Crippen molar-refractivity contribution in [1.82, 2.24) is 5.32 Å². The fourth-order valence-electron chi connectivity index (χ4n) is 4.12. The Kier molecular flexibility index (Phi) is 5.74. The maximum Gasteiger partial charge on any atom is -0.00204 e. The molecule has 0 radical (unpaired) electrons. The van der Waals surface area contributed by atoms with Gasteiger partial charge in [0.15, 0.2) is 0 Å².